The molecule has 0 radical (unpaired) electrons. The van der Waals surface area contributed by atoms with E-state index in [1.54, 1.807) is 6.07 Å². The van der Waals surface area contributed by atoms with Crippen LogP contribution in [0.3, 0.4) is 0 Å². The highest BCUT2D eigenvalue weighted by atomic mass is 16.5. The van der Waals surface area contributed by atoms with Crippen LogP contribution in [0.4, 0.5) is 0 Å². The second kappa shape index (κ2) is 9.97. The lowest BCUT2D eigenvalue weighted by molar-refractivity contribution is 0.0971. The molecule has 0 aliphatic carbocycles. The third-order valence-corrected chi connectivity index (χ3v) is 4.06. The van der Waals surface area contributed by atoms with E-state index in [4.69, 9.17) is 4.74 Å². The fraction of sp³-hybridized carbons (Fsp3) is 0.381. The van der Waals surface area contributed by atoms with Crippen molar-refractivity contribution in [2.75, 3.05) is 13.2 Å². The highest BCUT2D eigenvalue weighted by molar-refractivity contribution is 5.96. The molecule has 0 aliphatic heterocycles. The van der Waals surface area contributed by atoms with Crippen molar-refractivity contribution >= 4 is 5.78 Å². The van der Waals surface area contributed by atoms with E-state index in [-0.39, 0.29) is 11.8 Å². The largest absolute Gasteiger partial charge is 0.494 e. The Morgan fingerprint density at radius 1 is 1.16 bits per heavy atom. The van der Waals surface area contributed by atoms with Crippen molar-refractivity contribution in [2.24, 2.45) is 0 Å². The summed E-state index contributed by atoms with van der Waals surface area (Å²) in [7, 11) is 0. The first kappa shape index (κ1) is 19.2. The summed E-state index contributed by atoms with van der Waals surface area (Å²) in [6.07, 6.45) is 0.717. The summed E-state index contributed by atoms with van der Waals surface area (Å²) >= 11 is 0. The Kier molecular flexibility index (Phi) is 7.64. The van der Waals surface area contributed by atoms with Crippen LogP contribution in [-0.4, -0.2) is 30.1 Å². The molecule has 4 heteroatoms. The second-order valence-corrected chi connectivity index (χ2v) is 6.15. The Hall–Kier alpha value is -2.17. The van der Waals surface area contributed by atoms with Gasteiger partial charge in [0.05, 0.1) is 12.7 Å². The third-order valence-electron chi connectivity index (χ3n) is 4.06. The Labute approximate surface area is 149 Å². The number of aliphatic hydroxyl groups excluding tert-OH is 1. The van der Waals surface area contributed by atoms with Gasteiger partial charge in [0, 0.05) is 24.6 Å². The monoisotopic (exact) mass is 341 g/mol. The number of carbonyl (C=O) groups excluding carboxylic acids is 1. The van der Waals surface area contributed by atoms with Crippen molar-refractivity contribution in [2.45, 2.75) is 38.8 Å². The fourth-order valence-electron chi connectivity index (χ4n) is 2.59. The van der Waals surface area contributed by atoms with Crippen LogP contribution >= 0.6 is 0 Å². The number of nitrogens with one attached hydrogen (secondary N) is 1. The van der Waals surface area contributed by atoms with Crippen molar-refractivity contribution in [3.63, 3.8) is 0 Å². The molecule has 0 fully saturated rings. The van der Waals surface area contributed by atoms with Gasteiger partial charge in [-0.15, -0.1) is 0 Å². The van der Waals surface area contributed by atoms with Crippen molar-refractivity contribution in [1.29, 1.82) is 0 Å². The molecule has 0 spiro atoms. The maximum Gasteiger partial charge on any atom is 0.164 e. The molecule has 25 heavy (non-hydrogen) atoms. The summed E-state index contributed by atoms with van der Waals surface area (Å²) in [4.78, 5) is 12.3. The van der Waals surface area contributed by atoms with Crippen molar-refractivity contribution in [3.05, 3.63) is 65.7 Å². The number of benzene rings is 2. The predicted octanol–water partition coefficient (Wildman–Crippen LogP) is 3.76. The Morgan fingerprint density at radius 2 is 1.92 bits per heavy atom. The van der Waals surface area contributed by atoms with Crippen LogP contribution in [-0.2, 0) is 0 Å². The van der Waals surface area contributed by atoms with Crippen LogP contribution in [0.25, 0.3) is 0 Å². The number of ether oxygens (including phenoxy) is 1. The van der Waals surface area contributed by atoms with Gasteiger partial charge in [0.1, 0.15) is 5.75 Å². The summed E-state index contributed by atoms with van der Waals surface area (Å²) in [5.41, 5.74) is 1.53. The van der Waals surface area contributed by atoms with Gasteiger partial charge >= 0.3 is 0 Å². The minimum absolute atomic E-state index is 0.0656. The minimum Gasteiger partial charge on any atom is -0.494 e. The average molecular weight is 341 g/mol. The van der Waals surface area contributed by atoms with Gasteiger partial charge < -0.3 is 15.2 Å². The van der Waals surface area contributed by atoms with Crippen molar-refractivity contribution in [1.82, 2.24) is 5.32 Å². The molecular weight excluding hydrogens is 314 g/mol. The fourth-order valence-corrected chi connectivity index (χ4v) is 2.59. The molecule has 0 saturated carbocycles. The van der Waals surface area contributed by atoms with Gasteiger partial charge in [0.25, 0.3) is 0 Å². The zero-order valence-corrected chi connectivity index (χ0v) is 14.9. The van der Waals surface area contributed by atoms with Gasteiger partial charge in [0.2, 0.25) is 0 Å². The van der Waals surface area contributed by atoms with E-state index in [0.717, 1.165) is 17.7 Å². The molecule has 0 bridgehead atoms. The van der Waals surface area contributed by atoms with Crippen LogP contribution < -0.4 is 10.1 Å². The molecular formula is C21H27NO3. The standard InChI is InChI=1S/C21H27NO3/c1-3-14-25-19-11-7-10-18(15-19)20(23)12-13-22-16(2)21(24)17-8-5-4-6-9-17/h4-11,15-16,21-22,24H,3,12-14H2,1-2H3. The molecule has 2 unspecified atom stereocenters. The zero-order chi connectivity index (χ0) is 18.1. The van der Waals surface area contributed by atoms with E-state index in [1.165, 1.54) is 0 Å². The highest BCUT2D eigenvalue weighted by Crippen LogP contribution is 2.17. The normalized spacial score (nSPS) is 13.2. The number of hydrogen-bond acceptors (Lipinski definition) is 4. The molecule has 2 aromatic rings. The molecule has 0 aromatic heterocycles. The molecule has 2 N–H and O–H groups in total. The lowest BCUT2D eigenvalue weighted by atomic mass is 10.0. The summed E-state index contributed by atoms with van der Waals surface area (Å²) in [5.74, 6) is 0.796. The zero-order valence-electron chi connectivity index (χ0n) is 14.9. The maximum absolute atomic E-state index is 12.3. The van der Waals surface area contributed by atoms with Crippen LogP contribution in [0.5, 0.6) is 5.75 Å². The molecule has 2 rings (SSSR count). The molecule has 2 atom stereocenters. The maximum atomic E-state index is 12.3. The molecule has 0 aliphatic rings. The first-order valence-electron chi connectivity index (χ1n) is 8.84. The number of hydrogen-bond donors (Lipinski definition) is 2. The SMILES string of the molecule is CCCOc1cccc(C(=O)CCNC(C)C(O)c2ccccc2)c1. The second-order valence-electron chi connectivity index (χ2n) is 6.15. The Morgan fingerprint density at radius 3 is 2.64 bits per heavy atom. The van der Waals surface area contributed by atoms with E-state index in [2.05, 4.69) is 5.32 Å². The summed E-state index contributed by atoms with van der Waals surface area (Å²) in [6, 6.07) is 16.7. The van der Waals surface area contributed by atoms with Crippen LogP contribution in [0.15, 0.2) is 54.6 Å². The smallest absolute Gasteiger partial charge is 0.164 e. The van der Waals surface area contributed by atoms with Gasteiger partial charge in [-0.05, 0) is 31.0 Å². The topological polar surface area (TPSA) is 58.6 Å². The third kappa shape index (κ3) is 6.00. The number of Topliss-reactive ketones (excluding diaryl/α,β-unsaturated/α-hetero) is 1. The molecule has 2 aromatic carbocycles. The average Bonchev–Trinajstić information content (AvgIpc) is 2.66. The van der Waals surface area contributed by atoms with E-state index in [1.807, 2.05) is 62.4 Å². The van der Waals surface area contributed by atoms with E-state index in [9.17, 15) is 9.90 Å². The lowest BCUT2D eigenvalue weighted by Gasteiger charge is -2.20. The van der Waals surface area contributed by atoms with Crippen LogP contribution in [0.1, 0.15) is 48.7 Å². The highest BCUT2D eigenvalue weighted by Gasteiger charge is 2.16. The van der Waals surface area contributed by atoms with E-state index >= 15 is 0 Å². The Bertz CT molecular complexity index is 657. The molecule has 0 saturated heterocycles. The molecule has 0 heterocycles. The number of ketones is 1. The summed E-state index contributed by atoms with van der Waals surface area (Å²) in [5, 5.41) is 13.6. The van der Waals surface area contributed by atoms with Gasteiger partial charge in [-0.2, -0.15) is 0 Å². The van der Waals surface area contributed by atoms with Gasteiger partial charge in [-0.1, -0.05) is 49.4 Å². The van der Waals surface area contributed by atoms with Crippen molar-refractivity contribution < 1.29 is 14.6 Å². The number of aliphatic hydroxyl groups is 1. The first-order valence-corrected chi connectivity index (χ1v) is 8.84. The minimum atomic E-state index is -0.595. The number of carbonyl (C=O) groups is 1. The van der Waals surface area contributed by atoms with E-state index < -0.39 is 6.10 Å². The summed E-state index contributed by atoms with van der Waals surface area (Å²) < 4.78 is 5.57. The van der Waals surface area contributed by atoms with Gasteiger partial charge in [0.15, 0.2) is 5.78 Å². The van der Waals surface area contributed by atoms with Crippen LogP contribution in [0, 0.1) is 0 Å². The first-order chi connectivity index (χ1) is 12.1. The van der Waals surface area contributed by atoms with Gasteiger partial charge in [-0.25, -0.2) is 0 Å². The van der Waals surface area contributed by atoms with Gasteiger partial charge in [-0.3, -0.25) is 4.79 Å². The molecule has 4 nitrogen and oxygen atoms in total. The Balaban J connectivity index is 1.82. The van der Waals surface area contributed by atoms with Crippen molar-refractivity contribution in [3.8, 4) is 5.75 Å². The summed E-state index contributed by atoms with van der Waals surface area (Å²) in [6.45, 7) is 5.13. The van der Waals surface area contributed by atoms with Crippen LogP contribution in [0.2, 0.25) is 0 Å². The lowest BCUT2D eigenvalue weighted by Crippen LogP contribution is -2.33. The van der Waals surface area contributed by atoms with E-state index in [0.29, 0.717) is 25.1 Å². The quantitative estimate of drug-likeness (QED) is 0.646. The predicted molar refractivity (Wildman–Crippen MR) is 100 cm³/mol. The number of rotatable bonds is 10. The molecule has 134 valence electrons. The molecule has 0 amide bonds.